The van der Waals surface area contributed by atoms with E-state index in [0.717, 1.165) is 19.0 Å². The molecule has 0 spiro atoms. The molecule has 0 bridgehead atoms. The van der Waals surface area contributed by atoms with Crippen molar-refractivity contribution in [2.45, 2.75) is 13.3 Å². The summed E-state index contributed by atoms with van der Waals surface area (Å²) in [6.07, 6.45) is 3.45. The maximum absolute atomic E-state index is 10.1. The molecule has 0 heterocycles. The monoisotopic (exact) mass is 187 g/mol. The smallest absolute Gasteiger partial charge is 0.328 e. The Morgan fingerprint density at radius 2 is 2.31 bits per heavy atom. The van der Waals surface area contributed by atoms with Gasteiger partial charge in [0.25, 0.3) is 0 Å². The molecule has 0 aromatic heterocycles. The normalized spacial score (nSPS) is 13.4. The van der Waals surface area contributed by atoms with Crippen LogP contribution in [-0.2, 0) is 4.79 Å². The van der Waals surface area contributed by atoms with Gasteiger partial charge in [0.2, 0.25) is 0 Å². The summed E-state index contributed by atoms with van der Waals surface area (Å²) < 4.78 is 0. The quantitative estimate of drug-likeness (QED) is 0.394. The molecular weight excluding hydrogens is 170 g/mol. The lowest BCUT2D eigenvalue weighted by atomic mass is 10.1. The number of aliphatic carboxylic acids is 1. The van der Waals surface area contributed by atoms with Crippen LogP contribution in [0.25, 0.3) is 0 Å². The Hall–Kier alpha value is -0.870. The minimum absolute atomic E-state index is 0.202. The minimum Gasteiger partial charge on any atom is -0.478 e. The number of nitrogens with one attached hydrogen (secondary N) is 1. The van der Waals surface area contributed by atoms with E-state index in [2.05, 4.69) is 5.32 Å². The van der Waals surface area contributed by atoms with Gasteiger partial charge in [0.1, 0.15) is 0 Å². The fourth-order valence-electron chi connectivity index (χ4n) is 0.895. The van der Waals surface area contributed by atoms with Crippen LogP contribution in [0, 0.1) is 5.92 Å². The lowest BCUT2D eigenvalue weighted by Crippen LogP contribution is -2.21. The van der Waals surface area contributed by atoms with E-state index in [1.807, 2.05) is 6.92 Å². The summed E-state index contributed by atoms with van der Waals surface area (Å²) in [6.45, 7) is 3.59. The lowest BCUT2D eigenvalue weighted by molar-refractivity contribution is -0.131. The van der Waals surface area contributed by atoms with Crippen molar-refractivity contribution in [2.75, 3.05) is 19.7 Å². The van der Waals surface area contributed by atoms with E-state index in [1.165, 1.54) is 0 Å². The maximum Gasteiger partial charge on any atom is 0.328 e. The van der Waals surface area contributed by atoms with E-state index in [0.29, 0.717) is 12.5 Å². The number of carboxylic acids is 1. The summed E-state index contributed by atoms with van der Waals surface area (Å²) in [5.74, 6) is -0.506. The molecule has 76 valence electrons. The molecule has 1 atom stereocenters. The maximum atomic E-state index is 10.1. The van der Waals surface area contributed by atoms with Crippen molar-refractivity contribution in [1.82, 2.24) is 5.32 Å². The van der Waals surface area contributed by atoms with Crippen LogP contribution in [0.3, 0.4) is 0 Å². The molecule has 13 heavy (non-hydrogen) atoms. The third-order valence-corrected chi connectivity index (χ3v) is 1.64. The Kier molecular flexibility index (Phi) is 7.24. The number of rotatable bonds is 7. The molecule has 0 aliphatic heterocycles. The van der Waals surface area contributed by atoms with Crippen LogP contribution in [0.2, 0.25) is 0 Å². The second kappa shape index (κ2) is 7.76. The van der Waals surface area contributed by atoms with Gasteiger partial charge < -0.3 is 15.5 Å². The second-order valence-electron chi connectivity index (χ2n) is 3.02. The molecule has 1 unspecified atom stereocenters. The van der Waals surface area contributed by atoms with E-state index in [-0.39, 0.29) is 6.61 Å². The van der Waals surface area contributed by atoms with Crippen LogP contribution in [0.4, 0.5) is 0 Å². The second-order valence-corrected chi connectivity index (χ2v) is 3.02. The van der Waals surface area contributed by atoms with Crippen molar-refractivity contribution in [3.05, 3.63) is 12.2 Å². The predicted octanol–water partition coefficient (Wildman–Crippen LogP) is 0.235. The van der Waals surface area contributed by atoms with E-state index in [9.17, 15) is 4.79 Å². The Labute approximate surface area is 78.3 Å². The molecule has 0 aliphatic rings. The van der Waals surface area contributed by atoms with Gasteiger partial charge in [0.15, 0.2) is 0 Å². The Morgan fingerprint density at radius 3 is 2.85 bits per heavy atom. The molecule has 0 saturated heterocycles. The first-order valence-corrected chi connectivity index (χ1v) is 4.38. The van der Waals surface area contributed by atoms with Crippen molar-refractivity contribution >= 4 is 5.97 Å². The van der Waals surface area contributed by atoms with Crippen molar-refractivity contribution in [2.24, 2.45) is 5.92 Å². The van der Waals surface area contributed by atoms with Crippen molar-refractivity contribution in [3.63, 3.8) is 0 Å². The zero-order chi connectivity index (χ0) is 10.1. The molecule has 0 radical (unpaired) electrons. The van der Waals surface area contributed by atoms with Gasteiger partial charge in [-0.05, 0) is 18.9 Å². The van der Waals surface area contributed by atoms with Crippen molar-refractivity contribution < 1.29 is 15.0 Å². The third kappa shape index (κ3) is 9.04. The number of carboxylic acid groups (broad SMARTS) is 1. The fraction of sp³-hybridized carbons (Fsp3) is 0.667. The Balaban J connectivity index is 3.29. The van der Waals surface area contributed by atoms with Crippen LogP contribution in [0.15, 0.2) is 12.2 Å². The largest absolute Gasteiger partial charge is 0.478 e. The van der Waals surface area contributed by atoms with Gasteiger partial charge in [-0.15, -0.1) is 0 Å². The number of aliphatic hydroxyl groups excluding tert-OH is 1. The van der Waals surface area contributed by atoms with E-state index >= 15 is 0 Å². The highest BCUT2D eigenvalue weighted by atomic mass is 16.4. The van der Waals surface area contributed by atoms with Gasteiger partial charge in [0.05, 0.1) is 0 Å². The van der Waals surface area contributed by atoms with E-state index < -0.39 is 5.97 Å². The summed E-state index contributed by atoms with van der Waals surface area (Å²) in [5, 5.41) is 19.9. The lowest BCUT2D eigenvalue weighted by Gasteiger charge is -2.08. The SMILES string of the molecule is CC(CCO)CNC/C=C/C(=O)O. The zero-order valence-corrected chi connectivity index (χ0v) is 7.86. The summed E-state index contributed by atoms with van der Waals surface area (Å²) in [5.41, 5.74) is 0. The minimum atomic E-state index is -0.926. The van der Waals surface area contributed by atoms with Gasteiger partial charge in [0, 0.05) is 19.2 Å². The summed E-state index contributed by atoms with van der Waals surface area (Å²) >= 11 is 0. The molecule has 0 fully saturated rings. The van der Waals surface area contributed by atoms with Gasteiger partial charge >= 0.3 is 5.97 Å². The molecule has 0 rings (SSSR count). The van der Waals surface area contributed by atoms with Gasteiger partial charge in [-0.25, -0.2) is 4.79 Å². The van der Waals surface area contributed by atoms with E-state index in [1.54, 1.807) is 6.08 Å². The molecule has 0 aromatic rings. The first kappa shape index (κ1) is 12.1. The van der Waals surface area contributed by atoms with Gasteiger partial charge in [-0.1, -0.05) is 13.0 Å². The van der Waals surface area contributed by atoms with Gasteiger partial charge in [-0.2, -0.15) is 0 Å². The average molecular weight is 187 g/mol. The van der Waals surface area contributed by atoms with Crippen molar-refractivity contribution in [3.8, 4) is 0 Å². The predicted molar refractivity (Wildman–Crippen MR) is 50.5 cm³/mol. The first-order valence-electron chi connectivity index (χ1n) is 4.38. The molecule has 0 aromatic carbocycles. The average Bonchev–Trinajstić information content (AvgIpc) is 2.03. The number of aliphatic hydroxyl groups is 1. The molecule has 4 heteroatoms. The number of carbonyl (C=O) groups is 1. The highest BCUT2D eigenvalue weighted by molar-refractivity contribution is 5.79. The molecule has 0 amide bonds. The van der Waals surface area contributed by atoms with Crippen LogP contribution in [0.5, 0.6) is 0 Å². The van der Waals surface area contributed by atoms with Gasteiger partial charge in [-0.3, -0.25) is 0 Å². The van der Waals surface area contributed by atoms with Crippen LogP contribution >= 0.6 is 0 Å². The van der Waals surface area contributed by atoms with Crippen LogP contribution < -0.4 is 5.32 Å². The molecule has 3 N–H and O–H groups in total. The Morgan fingerprint density at radius 1 is 1.62 bits per heavy atom. The highest BCUT2D eigenvalue weighted by Crippen LogP contribution is 1.97. The number of hydrogen-bond donors (Lipinski definition) is 3. The summed E-state index contributed by atoms with van der Waals surface area (Å²) in [6, 6.07) is 0. The molecule has 4 nitrogen and oxygen atoms in total. The summed E-state index contributed by atoms with van der Waals surface area (Å²) in [4.78, 5) is 10.1. The van der Waals surface area contributed by atoms with E-state index in [4.69, 9.17) is 10.2 Å². The van der Waals surface area contributed by atoms with Crippen LogP contribution in [-0.4, -0.2) is 35.9 Å². The first-order chi connectivity index (χ1) is 6.16. The standard InChI is InChI=1S/C9H17NO3/c1-8(4-6-11)7-10-5-2-3-9(12)13/h2-3,8,10-11H,4-7H2,1H3,(H,12,13)/b3-2+. The topological polar surface area (TPSA) is 69.6 Å². The Bertz CT molecular complexity index is 168. The number of hydrogen-bond acceptors (Lipinski definition) is 3. The van der Waals surface area contributed by atoms with Crippen LogP contribution in [0.1, 0.15) is 13.3 Å². The molecular formula is C9H17NO3. The molecule has 0 aliphatic carbocycles. The highest BCUT2D eigenvalue weighted by Gasteiger charge is 1.98. The summed E-state index contributed by atoms with van der Waals surface area (Å²) in [7, 11) is 0. The molecule has 0 saturated carbocycles. The fourth-order valence-corrected chi connectivity index (χ4v) is 0.895. The third-order valence-electron chi connectivity index (χ3n) is 1.64. The zero-order valence-electron chi connectivity index (χ0n) is 7.86. The van der Waals surface area contributed by atoms with Crippen molar-refractivity contribution in [1.29, 1.82) is 0 Å².